The minimum Gasteiger partial charge on any atom is -0.466 e. The number of ether oxygens (including phenoxy) is 1. The van der Waals surface area contributed by atoms with Crippen LogP contribution >= 0.6 is 0 Å². The largest absolute Gasteiger partial charge is 0.466 e. The van der Waals surface area contributed by atoms with Crippen molar-refractivity contribution in [3.8, 4) is 0 Å². The first-order valence-corrected chi connectivity index (χ1v) is 7.05. The van der Waals surface area contributed by atoms with E-state index in [4.69, 9.17) is 4.74 Å². The second-order valence-corrected chi connectivity index (χ2v) is 5.16. The Hall–Kier alpha value is -2.46. The number of methoxy groups -OCH3 is 1. The van der Waals surface area contributed by atoms with Crippen LogP contribution in [0.15, 0.2) is 54.1 Å². The SMILES string of the molecule is COC(=O)C1=Cc2ccc(F)cc2CNC1c1ccccc1. The van der Waals surface area contributed by atoms with Gasteiger partial charge in [-0.25, -0.2) is 9.18 Å². The van der Waals surface area contributed by atoms with Gasteiger partial charge in [-0.3, -0.25) is 0 Å². The number of nitrogens with one attached hydrogen (secondary N) is 1. The maximum Gasteiger partial charge on any atom is 0.335 e. The van der Waals surface area contributed by atoms with Gasteiger partial charge >= 0.3 is 5.97 Å². The summed E-state index contributed by atoms with van der Waals surface area (Å²) in [5, 5.41) is 3.31. The predicted octanol–water partition coefficient (Wildman–Crippen LogP) is 3.23. The van der Waals surface area contributed by atoms with Crippen LogP contribution in [0.25, 0.3) is 6.08 Å². The summed E-state index contributed by atoms with van der Waals surface area (Å²) in [6.07, 6.45) is 1.78. The zero-order valence-corrected chi connectivity index (χ0v) is 12.2. The Bertz CT molecular complexity index is 725. The monoisotopic (exact) mass is 297 g/mol. The van der Waals surface area contributed by atoms with Crippen LogP contribution in [0.4, 0.5) is 4.39 Å². The molecule has 1 aliphatic heterocycles. The predicted molar refractivity (Wildman–Crippen MR) is 82.4 cm³/mol. The summed E-state index contributed by atoms with van der Waals surface area (Å²) < 4.78 is 18.3. The van der Waals surface area contributed by atoms with Crippen molar-refractivity contribution in [3.05, 3.63) is 76.6 Å². The highest BCUT2D eigenvalue weighted by Crippen LogP contribution is 2.29. The summed E-state index contributed by atoms with van der Waals surface area (Å²) >= 11 is 0. The van der Waals surface area contributed by atoms with Crippen LogP contribution in [0, 0.1) is 5.82 Å². The Labute approximate surface area is 128 Å². The zero-order valence-electron chi connectivity index (χ0n) is 12.2. The Balaban J connectivity index is 2.09. The lowest BCUT2D eigenvalue weighted by Crippen LogP contribution is -2.25. The van der Waals surface area contributed by atoms with E-state index in [1.807, 2.05) is 30.3 Å². The van der Waals surface area contributed by atoms with Crippen molar-refractivity contribution in [2.45, 2.75) is 12.6 Å². The van der Waals surface area contributed by atoms with Crippen molar-refractivity contribution in [2.75, 3.05) is 7.11 Å². The van der Waals surface area contributed by atoms with Crippen LogP contribution in [-0.4, -0.2) is 13.1 Å². The molecule has 3 rings (SSSR count). The molecule has 0 spiro atoms. The van der Waals surface area contributed by atoms with Crippen LogP contribution in [-0.2, 0) is 16.1 Å². The smallest absolute Gasteiger partial charge is 0.335 e. The minimum atomic E-state index is -0.390. The zero-order chi connectivity index (χ0) is 15.5. The van der Waals surface area contributed by atoms with E-state index in [0.717, 1.165) is 16.7 Å². The minimum absolute atomic E-state index is 0.285. The number of benzene rings is 2. The maximum absolute atomic E-state index is 13.4. The number of carbonyl (C=O) groups excluding carboxylic acids is 1. The summed E-state index contributed by atoms with van der Waals surface area (Å²) in [6.45, 7) is 0.476. The van der Waals surface area contributed by atoms with Crippen molar-refractivity contribution in [1.29, 1.82) is 0 Å². The van der Waals surface area contributed by atoms with Crippen molar-refractivity contribution < 1.29 is 13.9 Å². The van der Waals surface area contributed by atoms with Gasteiger partial charge in [-0.2, -0.15) is 0 Å². The fourth-order valence-corrected chi connectivity index (χ4v) is 2.68. The third-order valence-electron chi connectivity index (χ3n) is 3.78. The van der Waals surface area contributed by atoms with Crippen molar-refractivity contribution >= 4 is 12.0 Å². The normalized spacial score (nSPS) is 17.2. The average Bonchev–Trinajstić information content (AvgIpc) is 2.74. The second kappa shape index (κ2) is 6.12. The van der Waals surface area contributed by atoms with E-state index in [9.17, 15) is 9.18 Å². The molecule has 0 amide bonds. The number of rotatable bonds is 2. The summed E-state index contributed by atoms with van der Waals surface area (Å²) in [4.78, 5) is 12.2. The lowest BCUT2D eigenvalue weighted by atomic mass is 9.97. The molecule has 0 saturated heterocycles. The molecule has 1 unspecified atom stereocenters. The van der Waals surface area contributed by atoms with E-state index in [0.29, 0.717) is 12.1 Å². The number of esters is 1. The van der Waals surface area contributed by atoms with Crippen LogP contribution in [0.5, 0.6) is 0 Å². The Kier molecular flexibility index (Phi) is 4.02. The Morgan fingerprint density at radius 1 is 1.23 bits per heavy atom. The first kappa shape index (κ1) is 14.5. The standard InChI is InChI=1S/C18H16FNO2/c1-22-18(21)16-10-13-7-8-15(19)9-14(13)11-20-17(16)12-5-3-2-4-6-12/h2-10,17,20H,11H2,1H3. The maximum atomic E-state index is 13.4. The molecule has 112 valence electrons. The first-order chi connectivity index (χ1) is 10.7. The molecule has 1 heterocycles. The Morgan fingerprint density at radius 3 is 2.73 bits per heavy atom. The van der Waals surface area contributed by atoms with Crippen LogP contribution in [0.3, 0.4) is 0 Å². The highest BCUT2D eigenvalue weighted by atomic mass is 19.1. The van der Waals surface area contributed by atoms with Gasteiger partial charge in [0.15, 0.2) is 0 Å². The molecule has 0 aromatic heterocycles. The molecule has 2 aromatic carbocycles. The summed E-state index contributed by atoms with van der Waals surface area (Å²) in [7, 11) is 1.36. The molecule has 3 nitrogen and oxygen atoms in total. The van der Waals surface area contributed by atoms with Gasteiger partial charge in [0, 0.05) is 6.54 Å². The highest BCUT2D eigenvalue weighted by Gasteiger charge is 2.26. The van der Waals surface area contributed by atoms with Crippen LogP contribution in [0.2, 0.25) is 0 Å². The van der Waals surface area contributed by atoms with Gasteiger partial charge in [0.05, 0.1) is 18.7 Å². The van der Waals surface area contributed by atoms with Crippen molar-refractivity contribution in [2.24, 2.45) is 0 Å². The summed E-state index contributed by atoms with van der Waals surface area (Å²) in [5.41, 5.74) is 3.12. The molecule has 0 aliphatic carbocycles. The fraction of sp³-hybridized carbons (Fsp3) is 0.167. The van der Waals surface area contributed by atoms with E-state index in [2.05, 4.69) is 5.32 Å². The van der Waals surface area contributed by atoms with Gasteiger partial charge in [-0.15, -0.1) is 0 Å². The number of hydrogen-bond donors (Lipinski definition) is 1. The van der Waals surface area contributed by atoms with E-state index < -0.39 is 5.97 Å². The second-order valence-electron chi connectivity index (χ2n) is 5.16. The number of halogens is 1. The van der Waals surface area contributed by atoms with E-state index >= 15 is 0 Å². The third-order valence-corrected chi connectivity index (χ3v) is 3.78. The number of fused-ring (bicyclic) bond motifs is 1. The third kappa shape index (κ3) is 2.78. The van der Waals surface area contributed by atoms with E-state index in [1.165, 1.54) is 19.2 Å². The van der Waals surface area contributed by atoms with E-state index in [-0.39, 0.29) is 11.9 Å². The van der Waals surface area contributed by atoms with E-state index in [1.54, 1.807) is 12.1 Å². The summed E-state index contributed by atoms with van der Waals surface area (Å²) in [6, 6.07) is 13.9. The molecule has 1 atom stereocenters. The quantitative estimate of drug-likeness (QED) is 0.865. The van der Waals surface area contributed by atoms with Crippen LogP contribution in [0.1, 0.15) is 22.7 Å². The fourth-order valence-electron chi connectivity index (χ4n) is 2.68. The molecular weight excluding hydrogens is 281 g/mol. The first-order valence-electron chi connectivity index (χ1n) is 7.05. The molecule has 0 radical (unpaired) electrons. The molecule has 22 heavy (non-hydrogen) atoms. The molecule has 0 bridgehead atoms. The number of carbonyl (C=O) groups is 1. The van der Waals surface area contributed by atoms with Gasteiger partial charge < -0.3 is 10.1 Å². The molecule has 0 saturated carbocycles. The molecule has 0 fully saturated rings. The lowest BCUT2D eigenvalue weighted by molar-refractivity contribution is -0.136. The van der Waals surface area contributed by atoms with Crippen LogP contribution < -0.4 is 5.32 Å². The van der Waals surface area contributed by atoms with Crippen molar-refractivity contribution in [1.82, 2.24) is 5.32 Å². The van der Waals surface area contributed by atoms with Gasteiger partial charge in [0.1, 0.15) is 5.82 Å². The van der Waals surface area contributed by atoms with Gasteiger partial charge in [-0.1, -0.05) is 36.4 Å². The highest BCUT2D eigenvalue weighted by molar-refractivity contribution is 5.95. The van der Waals surface area contributed by atoms with Crippen molar-refractivity contribution in [3.63, 3.8) is 0 Å². The molecule has 2 aromatic rings. The molecule has 1 aliphatic rings. The molecule has 4 heteroatoms. The average molecular weight is 297 g/mol. The van der Waals surface area contributed by atoms with Gasteiger partial charge in [-0.05, 0) is 34.9 Å². The Morgan fingerprint density at radius 2 is 2.00 bits per heavy atom. The topological polar surface area (TPSA) is 38.3 Å². The molecular formula is C18H16FNO2. The van der Waals surface area contributed by atoms with Gasteiger partial charge in [0.2, 0.25) is 0 Å². The summed E-state index contributed by atoms with van der Waals surface area (Å²) in [5.74, 6) is -0.676. The molecule has 1 N–H and O–H groups in total. The number of hydrogen-bond acceptors (Lipinski definition) is 3. The van der Waals surface area contributed by atoms with Gasteiger partial charge in [0.25, 0.3) is 0 Å². The lowest BCUT2D eigenvalue weighted by Gasteiger charge is -2.19.